The molecule has 0 aliphatic heterocycles. The zero-order valence-corrected chi connectivity index (χ0v) is 8.60. The van der Waals surface area contributed by atoms with Crippen LogP contribution >= 0.6 is 11.3 Å². The molecule has 0 saturated heterocycles. The van der Waals surface area contributed by atoms with E-state index in [2.05, 4.69) is 21.8 Å². The number of hydrogen-bond donors (Lipinski definition) is 1. The lowest BCUT2D eigenvalue weighted by Crippen LogP contribution is -2.18. The van der Waals surface area contributed by atoms with Crippen LogP contribution in [0, 0.1) is 0 Å². The van der Waals surface area contributed by atoms with Crippen LogP contribution in [0.2, 0.25) is 0 Å². The molecule has 1 unspecified atom stereocenters. The molecule has 1 aliphatic rings. The van der Waals surface area contributed by atoms with E-state index in [0.717, 1.165) is 0 Å². The zero-order valence-electron chi connectivity index (χ0n) is 7.79. The van der Waals surface area contributed by atoms with Gasteiger partial charge in [-0.3, -0.25) is 0 Å². The number of aromatic nitrogens is 1. The predicted octanol–water partition coefficient (Wildman–Crippen LogP) is 2.51. The maximum Gasteiger partial charge on any atom is 0.0795 e. The molecule has 2 nitrogen and oxygen atoms in total. The van der Waals surface area contributed by atoms with Gasteiger partial charge in [-0.1, -0.05) is 11.6 Å². The first-order valence-corrected chi connectivity index (χ1v) is 5.60. The van der Waals surface area contributed by atoms with Crippen molar-refractivity contribution in [2.75, 3.05) is 7.05 Å². The van der Waals surface area contributed by atoms with Crippen molar-refractivity contribution in [3.05, 3.63) is 28.2 Å². The molecule has 0 spiro atoms. The summed E-state index contributed by atoms with van der Waals surface area (Å²) in [7, 11) is 2.00. The Morgan fingerprint density at radius 1 is 1.62 bits per heavy atom. The fourth-order valence-corrected chi connectivity index (χ4v) is 2.43. The first kappa shape index (κ1) is 8.91. The van der Waals surface area contributed by atoms with Crippen molar-refractivity contribution >= 4 is 11.3 Å². The van der Waals surface area contributed by atoms with Gasteiger partial charge in [0.2, 0.25) is 0 Å². The summed E-state index contributed by atoms with van der Waals surface area (Å²) in [6.45, 7) is 0. The molecule has 2 rings (SSSR count). The predicted molar refractivity (Wildman–Crippen MR) is 55.8 cm³/mol. The largest absolute Gasteiger partial charge is 0.308 e. The average Bonchev–Trinajstić information content (AvgIpc) is 2.76. The molecule has 0 bridgehead atoms. The Morgan fingerprint density at radius 2 is 2.54 bits per heavy atom. The Morgan fingerprint density at radius 3 is 3.08 bits per heavy atom. The molecule has 1 heterocycles. The van der Waals surface area contributed by atoms with Gasteiger partial charge in [0.1, 0.15) is 0 Å². The maximum absolute atomic E-state index is 4.35. The molecule has 1 aromatic rings. The smallest absolute Gasteiger partial charge is 0.0795 e. The number of nitrogens with one attached hydrogen (secondary N) is 1. The molecule has 13 heavy (non-hydrogen) atoms. The standard InChI is InChI=1S/C10H14N2S/c1-11-10(8-4-2-3-5-8)9-6-13-7-12-9/h4,6-7,10-11H,2-3,5H2,1H3. The molecule has 3 heteroatoms. The lowest BCUT2D eigenvalue weighted by Gasteiger charge is -2.14. The molecule has 0 aromatic carbocycles. The van der Waals surface area contributed by atoms with Gasteiger partial charge >= 0.3 is 0 Å². The molecule has 0 amide bonds. The van der Waals surface area contributed by atoms with Gasteiger partial charge in [0.25, 0.3) is 0 Å². The first-order valence-electron chi connectivity index (χ1n) is 4.66. The number of hydrogen-bond acceptors (Lipinski definition) is 3. The molecule has 1 N–H and O–H groups in total. The van der Waals surface area contributed by atoms with Crippen LogP contribution in [0.1, 0.15) is 31.0 Å². The van der Waals surface area contributed by atoms with E-state index in [1.165, 1.54) is 30.5 Å². The SMILES string of the molecule is CNC(C1=CCCC1)c1cscn1. The number of nitrogens with zero attached hydrogens (tertiary/aromatic N) is 1. The van der Waals surface area contributed by atoms with E-state index in [0.29, 0.717) is 6.04 Å². The summed E-state index contributed by atoms with van der Waals surface area (Å²) in [6.07, 6.45) is 6.11. The lowest BCUT2D eigenvalue weighted by molar-refractivity contribution is 0.642. The van der Waals surface area contributed by atoms with Crippen LogP contribution in [-0.2, 0) is 0 Å². The number of allylic oxidation sites excluding steroid dienone is 1. The highest BCUT2D eigenvalue weighted by molar-refractivity contribution is 7.07. The molecule has 0 radical (unpaired) electrons. The summed E-state index contributed by atoms with van der Waals surface area (Å²) >= 11 is 1.66. The second kappa shape index (κ2) is 4.03. The Labute approximate surface area is 82.7 Å². The molecular formula is C10H14N2S. The molecule has 70 valence electrons. The van der Waals surface area contributed by atoms with Gasteiger partial charge in [0, 0.05) is 5.38 Å². The van der Waals surface area contributed by atoms with E-state index in [9.17, 15) is 0 Å². The minimum Gasteiger partial charge on any atom is -0.308 e. The lowest BCUT2D eigenvalue weighted by atomic mass is 10.0. The second-order valence-electron chi connectivity index (χ2n) is 3.31. The highest BCUT2D eigenvalue weighted by atomic mass is 32.1. The van der Waals surface area contributed by atoms with Crippen molar-refractivity contribution in [2.45, 2.75) is 25.3 Å². The second-order valence-corrected chi connectivity index (χ2v) is 4.02. The number of likely N-dealkylation sites (N-methyl/N-ethyl adjacent to an activating group) is 1. The van der Waals surface area contributed by atoms with E-state index >= 15 is 0 Å². The van der Waals surface area contributed by atoms with E-state index in [4.69, 9.17) is 0 Å². The normalized spacial score (nSPS) is 18.7. The van der Waals surface area contributed by atoms with Crippen LogP contribution < -0.4 is 5.32 Å². The highest BCUT2D eigenvalue weighted by Crippen LogP contribution is 2.29. The molecule has 0 fully saturated rings. The van der Waals surface area contributed by atoms with Gasteiger partial charge in [-0.05, 0) is 26.3 Å². The fraction of sp³-hybridized carbons (Fsp3) is 0.500. The van der Waals surface area contributed by atoms with Gasteiger partial charge in [-0.25, -0.2) is 4.98 Å². The van der Waals surface area contributed by atoms with Crippen LogP contribution in [0.5, 0.6) is 0 Å². The summed E-state index contributed by atoms with van der Waals surface area (Å²) in [6, 6.07) is 0.355. The van der Waals surface area contributed by atoms with Crippen LogP contribution in [0.3, 0.4) is 0 Å². The average molecular weight is 194 g/mol. The van der Waals surface area contributed by atoms with Crippen molar-refractivity contribution in [2.24, 2.45) is 0 Å². The quantitative estimate of drug-likeness (QED) is 0.748. The van der Waals surface area contributed by atoms with Crippen molar-refractivity contribution < 1.29 is 0 Å². The summed E-state index contributed by atoms with van der Waals surface area (Å²) in [5, 5.41) is 5.45. The first-order chi connectivity index (χ1) is 6.42. The summed E-state index contributed by atoms with van der Waals surface area (Å²) in [4.78, 5) is 4.35. The molecule has 1 aliphatic carbocycles. The molecule has 1 atom stereocenters. The van der Waals surface area contributed by atoms with Gasteiger partial charge < -0.3 is 5.32 Å². The minimum absolute atomic E-state index is 0.355. The fourth-order valence-electron chi connectivity index (χ4n) is 1.85. The molecular weight excluding hydrogens is 180 g/mol. The van der Waals surface area contributed by atoms with E-state index in [-0.39, 0.29) is 0 Å². The Balaban J connectivity index is 2.18. The summed E-state index contributed by atoms with van der Waals surface area (Å²) < 4.78 is 0. The number of rotatable bonds is 3. The van der Waals surface area contributed by atoms with Crippen LogP contribution in [-0.4, -0.2) is 12.0 Å². The van der Waals surface area contributed by atoms with Crippen molar-refractivity contribution in [3.8, 4) is 0 Å². The zero-order chi connectivity index (χ0) is 9.10. The van der Waals surface area contributed by atoms with Gasteiger partial charge in [-0.2, -0.15) is 0 Å². The third-order valence-electron chi connectivity index (χ3n) is 2.48. The third kappa shape index (κ3) is 1.81. The van der Waals surface area contributed by atoms with E-state index in [1.807, 2.05) is 12.6 Å². The summed E-state index contributed by atoms with van der Waals surface area (Å²) in [5.74, 6) is 0. The van der Waals surface area contributed by atoms with Gasteiger partial charge in [-0.15, -0.1) is 11.3 Å². The topological polar surface area (TPSA) is 24.9 Å². The Bertz CT molecular complexity index is 290. The minimum atomic E-state index is 0.355. The molecule has 0 saturated carbocycles. The van der Waals surface area contributed by atoms with Crippen molar-refractivity contribution in [1.82, 2.24) is 10.3 Å². The number of thiazole rings is 1. The van der Waals surface area contributed by atoms with E-state index < -0.39 is 0 Å². The van der Waals surface area contributed by atoms with Crippen LogP contribution in [0.25, 0.3) is 0 Å². The highest BCUT2D eigenvalue weighted by Gasteiger charge is 2.18. The van der Waals surface area contributed by atoms with E-state index in [1.54, 1.807) is 11.3 Å². The van der Waals surface area contributed by atoms with Crippen molar-refractivity contribution in [3.63, 3.8) is 0 Å². The van der Waals surface area contributed by atoms with Gasteiger partial charge in [0.05, 0.1) is 17.2 Å². The summed E-state index contributed by atoms with van der Waals surface area (Å²) in [5.41, 5.74) is 4.57. The molecule has 1 aromatic heterocycles. The van der Waals surface area contributed by atoms with Gasteiger partial charge in [0.15, 0.2) is 0 Å². The monoisotopic (exact) mass is 194 g/mol. The van der Waals surface area contributed by atoms with Crippen LogP contribution in [0.15, 0.2) is 22.5 Å². The Hall–Kier alpha value is -0.670. The van der Waals surface area contributed by atoms with Crippen LogP contribution in [0.4, 0.5) is 0 Å². The third-order valence-corrected chi connectivity index (χ3v) is 3.09. The van der Waals surface area contributed by atoms with Crippen molar-refractivity contribution in [1.29, 1.82) is 0 Å². The Kier molecular flexibility index (Phi) is 2.76. The maximum atomic E-state index is 4.35.